The zero-order valence-corrected chi connectivity index (χ0v) is 10.3. The topological polar surface area (TPSA) is 59.4 Å². The number of rotatable bonds is 4. The van der Waals surface area contributed by atoms with Crippen LogP contribution in [0.25, 0.3) is 0 Å². The molecule has 4 nitrogen and oxygen atoms in total. The molecule has 5 heteroatoms. The van der Waals surface area contributed by atoms with E-state index in [1.807, 2.05) is 19.1 Å². The number of benzene rings is 1. The molecule has 19 heavy (non-hydrogen) atoms. The zero-order chi connectivity index (χ0) is 13.8. The van der Waals surface area contributed by atoms with Gasteiger partial charge in [0.1, 0.15) is 23.7 Å². The molecule has 0 fully saturated rings. The molecular formula is C14H12FNO3. The molecule has 0 radical (unpaired) electrons. The van der Waals surface area contributed by atoms with Crippen LogP contribution in [-0.2, 0) is 6.61 Å². The first-order chi connectivity index (χ1) is 9.08. The second-order valence-electron chi connectivity index (χ2n) is 3.98. The van der Waals surface area contributed by atoms with E-state index in [0.717, 1.165) is 11.8 Å². The summed E-state index contributed by atoms with van der Waals surface area (Å²) in [7, 11) is 0. The van der Waals surface area contributed by atoms with Crippen LogP contribution in [0.15, 0.2) is 36.4 Å². The lowest BCUT2D eigenvalue weighted by molar-refractivity contribution is 0.0686. The van der Waals surface area contributed by atoms with Crippen LogP contribution in [0.4, 0.5) is 4.39 Å². The number of ether oxygens (including phenoxy) is 1. The molecule has 98 valence electrons. The van der Waals surface area contributed by atoms with Crippen molar-refractivity contribution in [2.75, 3.05) is 0 Å². The van der Waals surface area contributed by atoms with E-state index >= 15 is 0 Å². The minimum absolute atomic E-state index is 0.00388. The maximum absolute atomic E-state index is 13.4. The van der Waals surface area contributed by atoms with Crippen LogP contribution in [0.2, 0.25) is 0 Å². The predicted molar refractivity (Wildman–Crippen MR) is 66.7 cm³/mol. The van der Waals surface area contributed by atoms with Crippen molar-refractivity contribution < 1.29 is 19.0 Å². The Bertz CT molecular complexity index is 613. The third-order valence-electron chi connectivity index (χ3n) is 2.51. The Morgan fingerprint density at radius 1 is 1.32 bits per heavy atom. The first-order valence-electron chi connectivity index (χ1n) is 5.65. The number of aryl methyl sites for hydroxylation is 1. The Morgan fingerprint density at radius 3 is 2.74 bits per heavy atom. The lowest BCUT2D eigenvalue weighted by atomic mass is 10.2. The second kappa shape index (κ2) is 5.48. The van der Waals surface area contributed by atoms with Crippen LogP contribution in [0, 0.1) is 12.7 Å². The highest BCUT2D eigenvalue weighted by Crippen LogP contribution is 2.22. The summed E-state index contributed by atoms with van der Waals surface area (Å²) in [4.78, 5) is 15.2. The van der Waals surface area contributed by atoms with Gasteiger partial charge in [0.25, 0.3) is 0 Å². The Balaban J connectivity index is 2.20. The van der Waals surface area contributed by atoms with E-state index < -0.39 is 17.3 Å². The molecule has 0 saturated carbocycles. The molecule has 0 atom stereocenters. The number of nitrogens with zero attached hydrogens (tertiary/aromatic N) is 1. The standard InChI is InChI=1S/C14H12FNO3/c1-9-4-2-5-10(16-9)8-19-12-7-3-6-11(15)13(12)14(17)18/h2-7H,8H2,1H3,(H,17,18). The molecule has 0 unspecified atom stereocenters. The number of carboxylic acids is 1. The first kappa shape index (κ1) is 13.0. The van der Waals surface area contributed by atoms with Crippen molar-refractivity contribution in [3.63, 3.8) is 0 Å². The second-order valence-corrected chi connectivity index (χ2v) is 3.98. The summed E-state index contributed by atoms with van der Waals surface area (Å²) in [5.74, 6) is -2.18. The number of hydrogen-bond donors (Lipinski definition) is 1. The fourth-order valence-electron chi connectivity index (χ4n) is 1.66. The Labute approximate surface area is 109 Å². The molecule has 1 aromatic heterocycles. The Hall–Kier alpha value is -2.43. The number of carboxylic acid groups (broad SMARTS) is 1. The highest BCUT2D eigenvalue weighted by molar-refractivity contribution is 5.91. The molecule has 0 aliphatic rings. The summed E-state index contributed by atoms with van der Waals surface area (Å²) in [5, 5.41) is 8.95. The van der Waals surface area contributed by atoms with Crippen molar-refractivity contribution in [1.82, 2.24) is 4.98 Å². The zero-order valence-electron chi connectivity index (χ0n) is 10.3. The maximum Gasteiger partial charge on any atom is 0.342 e. The van der Waals surface area contributed by atoms with Crippen LogP contribution in [-0.4, -0.2) is 16.1 Å². The number of hydrogen-bond acceptors (Lipinski definition) is 3. The lowest BCUT2D eigenvalue weighted by Crippen LogP contribution is -2.06. The highest BCUT2D eigenvalue weighted by atomic mass is 19.1. The summed E-state index contributed by atoms with van der Waals surface area (Å²) in [5.41, 5.74) is 1.02. The van der Waals surface area contributed by atoms with Gasteiger partial charge in [0, 0.05) is 5.69 Å². The highest BCUT2D eigenvalue weighted by Gasteiger charge is 2.16. The van der Waals surface area contributed by atoms with E-state index in [9.17, 15) is 9.18 Å². The van der Waals surface area contributed by atoms with Crippen molar-refractivity contribution >= 4 is 5.97 Å². The number of aromatic carboxylic acids is 1. The molecule has 2 aromatic rings. The fraction of sp³-hybridized carbons (Fsp3) is 0.143. The quantitative estimate of drug-likeness (QED) is 0.919. The maximum atomic E-state index is 13.4. The normalized spacial score (nSPS) is 10.2. The van der Waals surface area contributed by atoms with Crippen molar-refractivity contribution in [3.8, 4) is 5.75 Å². The average Bonchev–Trinajstić information content (AvgIpc) is 2.36. The van der Waals surface area contributed by atoms with E-state index in [1.165, 1.54) is 12.1 Å². The van der Waals surface area contributed by atoms with Gasteiger partial charge in [0.2, 0.25) is 0 Å². The van der Waals surface area contributed by atoms with Crippen LogP contribution in [0.1, 0.15) is 21.7 Å². The molecule has 1 aromatic carbocycles. The van der Waals surface area contributed by atoms with Crippen LogP contribution in [0.5, 0.6) is 5.75 Å². The average molecular weight is 261 g/mol. The first-order valence-corrected chi connectivity index (χ1v) is 5.65. The van der Waals surface area contributed by atoms with Crippen molar-refractivity contribution in [1.29, 1.82) is 0 Å². The molecular weight excluding hydrogens is 249 g/mol. The smallest absolute Gasteiger partial charge is 0.342 e. The van der Waals surface area contributed by atoms with Crippen LogP contribution in [0.3, 0.4) is 0 Å². The molecule has 0 saturated heterocycles. The van der Waals surface area contributed by atoms with Gasteiger partial charge in [0.05, 0.1) is 5.69 Å². The van der Waals surface area contributed by atoms with Crippen LogP contribution < -0.4 is 4.74 Å². The molecule has 1 heterocycles. The van der Waals surface area contributed by atoms with E-state index in [2.05, 4.69) is 4.98 Å². The largest absolute Gasteiger partial charge is 0.486 e. The Morgan fingerprint density at radius 2 is 2.05 bits per heavy atom. The summed E-state index contributed by atoms with van der Waals surface area (Å²) < 4.78 is 18.8. The molecule has 0 aliphatic carbocycles. The summed E-state index contributed by atoms with van der Waals surface area (Å²) in [6.45, 7) is 1.93. The SMILES string of the molecule is Cc1cccc(COc2cccc(F)c2C(=O)O)n1. The minimum atomic E-state index is -1.36. The van der Waals surface area contributed by atoms with Gasteiger partial charge in [-0.05, 0) is 31.2 Å². The van der Waals surface area contributed by atoms with Gasteiger partial charge in [-0.2, -0.15) is 0 Å². The number of halogens is 1. The van der Waals surface area contributed by atoms with E-state index in [1.54, 1.807) is 6.07 Å². The van der Waals surface area contributed by atoms with Gasteiger partial charge >= 0.3 is 5.97 Å². The molecule has 1 N–H and O–H groups in total. The van der Waals surface area contributed by atoms with Gasteiger partial charge in [-0.25, -0.2) is 9.18 Å². The molecule has 0 aliphatic heterocycles. The van der Waals surface area contributed by atoms with Crippen molar-refractivity contribution in [3.05, 3.63) is 59.2 Å². The van der Waals surface area contributed by atoms with Crippen LogP contribution >= 0.6 is 0 Å². The molecule has 0 amide bonds. The van der Waals surface area contributed by atoms with Crippen molar-refractivity contribution in [2.45, 2.75) is 13.5 Å². The van der Waals surface area contributed by atoms with Gasteiger partial charge in [0.15, 0.2) is 0 Å². The van der Waals surface area contributed by atoms with Crippen molar-refractivity contribution in [2.24, 2.45) is 0 Å². The van der Waals surface area contributed by atoms with Gasteiger partial charge < -0.3 is 9.84 Å². The fourth-order valence-corrected chi connectivity index (χ4v) is 1.66. The van der Waals surface area contributed by atoms with Gasteiger partial charge in [-0.3, -0.25) is 4.98 Å². The summed E-state index contributed by atoms with van der Waals surface area (Å²) in [6, 6.07) is 9.33. The number of pyridine rings is 1. The minimum Gasteiger partial charge on any atom is -0.486 e. The van der Waals surface area contributed by atoms with E-state index in [-0.39, 0.29) is 12.4 Å². The Kier molecular flexibility index (Phi) is 3.75. The predicted octanol–water partition coefficient (Wildman–Crippen LogP) is 2.81. The number of carbonyl (C=O) groups is 1. The van der Waals surface area contributed by atoms with E-state index in [0.29, 0.717) is 5.69 Å². The number of aromatic nitrogens is 1. The molecule has 2 rings (SSSR count). The monoisotopic (exact) mass is 261 g/mol. The summed E-state index contributed by atoms with van der Waals surface area (Å²) in [6.07, 6.45) is 0. The molecule has 0 bridgehead atoms. The molecule has 0 spiro atoms. The van der Waals surface area contributed by atoms with Gasteiger partial charge in [-0.15, -0.1) is 0 Å². The third-order valence-corrected chi connectivity index (χ3v) is 2.51. The summed E-state index contributed by atoms with van der Waals surface area (Å²) >= 11 is 0. The van der Waals surface area contributed by atoms with E-state index in [4.69, 9.17) is 9.84 Å². The lowest BCUT2D eigenvalue weighted by Gasteiger charge is -2.09. The third kappa shape index (κ3) is 3.07. The van der Waals surface area contributed by atoms with Gasteiger partial charge in [-0.1, -0.05) is 12.1 Å².